The minimum Gasteiger partial charge on any atom is -0.381 e. The van der Waals surface area contributed by atoms with Crippen molar-refractivity contribution in [2.75, 3.05) is 65.3 Å². The van der Waals surface area contributed by atoms with Gasteiger partial charge in [-0.25, -0.2) is 12.7 Å². The number of nitrogens with one attached hydrogen (secondary N) is 1. The summed E-state index contributed by atoms with van der Waals surface area (Å²) in [6.07, 6.45) is 1.94. The lowest BCUT2D eigenvalue weighted by atomic mass is 10.0. The van der Waals surface area contributed by atoms with Gasteiger partial charge in [0.15, 0.2) is 0 Å². The first-order chi connectivity index (χ1) is 9.58. The number of nitrogens with zero attached hydrogens (tertiary/aromatic N) is 2. The molecule has 0 aromatic heterocycles. The number of piperazine rings is 1. The van der Waals surface area contributed by atoms with Gasteiger partial charge in [0.05, 0.1) is 5.75 Å². The third kappa shape index (κ3) is 4.96. The topological polar surface area (TPSA) is 61.9 Å². The van der Waals surface area contributed by atoms with Gasteiger partial charge >= 0.3 is 0 Å². The van der Waals surface area contributed by atoms with Crippen LogP contribution in [0.2, 0.25) is 0 Å². The van der Waals surface area contributed by atoms with Crippen LogP contribution in [0.5, 0.6) is 0 Å². The van der Waals surface area contributed by atoms with Crippen LogP contribution in [-0.2, 0) is 14.8 Å². The van der Waals surface area contributed by atoms with E-state index in [0.29, 0.717) is 19.0 Å². The number of ether oxygens (including phenoxy) is 1. The van der Waals surface area contributed by atoms with E-state index in [-0.39, 0.29) is 5.75 Å². The number of hydrogen-bond acceptors (Lipinski definition) is 5. The number of rotatable bonds is 6. The Balaban J connectivity index is 1.75. The molecule has 118 valence electrons. The SMILES string of the molecule is CN(CC1CCOCC1)S(=O)(=O)CCN1CCNCC1. The average molecular weight is 305 g/mol. The van der Waals surface area contributed by atoms with E-state index in [1.165, 1.54) is 0 Å². The quantitative estimate of drug-likeness (QED) is 0.722. The van der Waals surface area contributed by atoms with E-state index < -0.39 is 10.0 Å². The van der Waals surface area contributed by atoms with E-state index in [4.69, 9.17) is 4.74 Å². The average Bonchev–Trinajstić information content (AvgIpc) is 2.47. The van der Waals surface area contributed by atoms with Gasteiger partial charge in [-0.05, 0) is 18.8 Å². The largest absolute Gasteiger partial charge is 0.381 e. The molecule has 0 spiro atoms. The van der Waals surface area contributed by atoms with Crippen LogP contribution in [-0.4, -0.2) is 82.9 Å². The van der Waals surface area contributed by atoms with Crippen LogP contribution in [0.3, 0.4) is 0 Å². The first-order valence-corrected chi connectivity index (χ1v) is 9.14. The Hall–Kier alpha value is -0.210. The van der Waals surface area contributed by atoms with Crippen molar-refractivity contribution in [2.45, 2.75) is 12.8 Å². The molecule has 2 saturated heterocycles. The molecule has 7 heteroatoms. The predicted molar refractivity (Wildman–Crippen MR) is 79.3 cm³/mol. The van der Waals surface area contributed by atoms with Crippen LogP contribution >= 0.6 is 0 Å². The van der Waals surface area contributed by atoms with Crippen LogP contribution < -0.4 is 5.32 Å². The smallest absolute Gasteiger partial charge is 0.215 e. The second-order valence-electron chi connectivity index (χ2n) is 5.74. The van der Waals surface area contributed by atoms with Crippen LogP contribution in [0.4, 0.5) is 0 Å². The van der Waals surface area contributed by atoms with Crippen LogP contribution in [0, 0.1) is 5.92 Å². The Morgan fingerprint density at radius 2 is 1.90 bits per heavy atom. The molecule has 20 heavy (non-hydrogen) atoms. The Morgan fingerprint density at radius 3 is 2.55 bits per heavy atom. The Bertz CT molecular complexity index is 376. The highest BCUT2D eigenvalue weighted by atomic mass is 32.2. The van der Waals surface area contributed by atoms with Gasteiger partial charge in [0, 0.05) is 59.5 Å². The van der Waals surface area contributed by atoms with Crippen LogP contribution in [0.15, 0.2) is 0 Å². The van der Waals surface area contributed by atoms with Gasteiger partial charge < -0.3 is 10.1 Å². The van der Waals surface area contributed by atoms with Crippen molar-refractivity contribution in [2.24, 2.45) is 5.92 Å². The number of hydrogen-bond donors (Lipinski definition) is 1. The van der Waals surface area contributed by atoms with Gasteiger partial charge in [-0.1, -0.05) is 0 Å². The van der Waals surface area contributed by atoms with E-state index in [0.717, 1.165) is 52.2 Å². The van der Waals surface area contributed by atoms with Gasteiger partial charge in [-0.15, -0.1) is 0 Å². The van der Waals surface area contributed by atoms with Gasteiger partial charge in [0.1, 0.15) is 0 Å². The van der Waals surface area contributed by atoms with Crippen molar-refractivity contribution >= 4 is 10.0 Å². The molecule has 2 aliphatic heterocycles. The zero-order valence-electron chi connectivity index (χ0n) is 12.4. The van der Waals surface area contributed by atoms with E-state index in [1.54, 1.807) is 11.4 Å². The summed E-state index contributed by atoms with van der Waals surface area (Å²) >= 11 is 0. The molecular formula is C13H27N3O3S. The predicted octanol–water partition coefficient (Wildman–Crippen LogP) is -0.420. The fraction of sp³-hybridized carbons (Fsp3) is 1.00. The summed E-state index contributed by atoms with van der Waals surface area (Å²) in [6.45, 7) is 6.60. The summed E-state index contributed by atoms with van der Waals surface area (Å²) in [7, 11) is -1.42. The monoisotopic (exact) mass is 305 g/mol. The third-order valence-electron chi connectivity index (χ3n) is 4.21. The lowest BCUT2D eigenvalue weighted by molar-refractivity contribution is 0.0620. The molecule has 0 aromatic rings. The summed E-state index contributed by atoms with van der Waals surface area (Å²) in [5.41, 5.74) is 0. The molecule has 0 bridgehead atoms. The van der Waals surface area contributed by atoms with Crippen LogP contribution in [0.25, 0.3) is 0 Å². The van der Waals surface area contributed by atoms with E-state index in [9.17, 15) is 8.42 Å². The summed E-state index contributed by atoms with van der Waals surface area (Å²) < 4.78 is 31.5. The van der Waals surface area contributed by atoms with E-state index >= 15 is 0 Å². The van der Waals surface area contributed by atoms with Gasteiger partial charge in [-0.2, -0.15) is 0 Å². The second-order valence-corrected chi connectivity index (χ2v) is 7.94. The lowest BCUT2D eigenvalue weighted by Crippen LogP contribution is -2.46. The summed E-state index contributed by atoms with van der Waals surface area (Å²) in [6, 6.07) is 0. The molecule has 0 saturated carbocycles. The van der Waals surface area contributed by atoms with Crippen molar-refractivity contribution in [3.05, 3.63) is 0 Å². The minimum atomic E-state index is -3.13. The standard InChI is InChI=1S/C13H27N3O3S/c1-15(12-13-2-9-19-10-3-13)20(17,18)11-8-16-6-4-14-5-7-16/h13-14H,2-12H2,1H3. The van der Waals surface area contributed by atoms with Gasteiger partial charge in [0.25, 0.3) is 0 Å². The summed E-state index contributed by atoms with van der Waals surface area (Å²) in [5, 5.41) is 3.28. The molecule has 2 rings (SSSR count). The van der Waals surface area contributed by atoms with E-state index in [1.807, 2.05) is 0 Å². The Kier molecular flexibility index (Phi) is 6.22. The zero-order chi connectivity index (χ0) is 14.4. The fourth-order valence-electron chi connectivity index (χ4n) is 2.74. The van der Waals surface area contributed by atoms with Gasteiger partial charge in [-0.3, -0.25) is 4.90 Å². The molecule has 0 aromatic carbocycles. The highest BCUT2D eigenvalue weighted by Gasteiger charge is 2.24. The van der Waals surface area contributed by atoms with E-state index in [2.05, 4.69) is 10.2 Å². The van der Waals surface area contributed by atoms with Crippen molar-refractivity contribution in [1.29, 1.82) is 0 Å². The zero-order valence-corrected chi connectivity index (χ0v) is 13.2. The molecule has 6 nitrogen and oxygen atoms in total. The second kappa shape index (κ2) is 7.70. The van der Waals surface area contributed by atoms with Crippen LogP contribution in [0.1, 0.15) is 12.8 Å². The molecule has 2 fully saturated rings. The fourth-order valence-corrected chi connectivity index (χ4v) is 3.98. The molecule has 1 N–H and O–H groups in total. The molecule has 0 aliphatic carbocycles. The first-order valence-electron chi connectivity index (χ1n) is 7.53. The molecule has 2 heterocycles. The Morgan fingerprint density at radius 1 is 1.25 bits per heavy atom. The molecule has 0 atom stereocenters. The lowest BCUT2D eigenvalue weighted by Gasteiger charge is -2.29. The maximum Gasteiger partial charge on any atom is 0.215 e. The highest BCUT2D eigenvalue weighted by Crippen LogP contribution is 2.17. The molecular weight excluding hydrogens is 278 g/mol. The first kappa shape index (κ1) is 16.2. The van der Waals surface area contributed by atoms with Gasteiger partial charge in [0.2, 0.25) is 10.0 Å². The summed E-state index contributed by atoms with van der Waals surface area (Å²) in [4.78, 5) is 2.22. The normalized spacial score (nSPS) is 23.3. The Labute approximate surface area is 122 Å². The maximum absolute atomic E-state index is 12.3. The highest BCUT2D eigenvalue weighted by molar-refractivity contribution is 7.89. The number of sulfonamides is 1. The maximum atomic E-state index is 12.3. The molecule has 0 radical (unpaired) electrons. The van der Waals surface area contributed by atoms with Crippen molar-refractivity contribution < 1.29 is 13.2 Å². The summed E-state index contributed by atoms with van der Waals surface area (Å²) in [5.74, 6) is 0.676. The molecule has 0 amide bonds. The van der Waals surface area contributed by atoms with Crippen molar-refractivity contribution in [3.63, 3.8) is 0 Å². The molecule has 0 unspecified atom stereocenters. The van der Waals surface area contributed by atoms with Crippen molar-refractivity contribution in [1.82, 2.24) is 14.5 Å². The minimum absolute atomic E-state index is 0.229. The van der Waals surface area contributed by atoms with Crippen molar-refractivity contribution in [3.8, 4) is 0 Å². The third-order valence-corrected chi connectivity index (χ3v) is 6.00. The molecule has 2 aliphatic rings.